The largest absolute Gasteiger partial charge is 0.481 e. The molecule has 2 fully saturated rings. The van der Waals surface area contributed by atoms with E-state index in [0.717, 1.165) is 11.1 Å². The van der Waals surface area contributed by atoms with Gasteiger partial charge in [0.05, 0.1) is 11.5 Å². The Kier molecular flexibility index (Phi) is 7.59. The fourth-order valence-electron chi connectivity index (χ4n) is 7.29. The van der Waals surface area contributed by atoms with Gasteiger partial charge in [0.15, 0.2) is 0 Å². The monoisotopic (exact) mass is 592 g/mol. The molecule has 5 rings (SSSR count). The number of carboxylic acid groups (broad SMARTS) is 1. The Morgan fingerprint density at radius 3 is 2.24 bits per heavy atom. The van der Waals surface area contributed by atoms with Crippen LogP contribution in [-0.2, 0) is 27.1 Å². The standard InChI is InChI=1S/C32H37F5N2O3/c1-4-38-19-26-31(18-20-5-8-23(33)9-6-20,24-10-7-22(17-25(24)38)30(3,34)32(35,36)37)15-16-39(26)27(40)21-11-13-29(2,14-12-21)28(41)42/h5-10,17,21,26H,4,11-16,18-19H2,1-3H3,(H,41,42). The van der Waals surface area contributed by atoms with Crippen molar-refractivity contribution in [2.45, 2.75) is 82.6 Å². The molecule has 1 saturated heterocycles. The number of benzene rings is 2. The molecule has 2 aromatic carbocycles. The molecule has 1 amide bonds. The van der Waals surface area contributed by atoms with E-state index in [2.05, 4.69) is 0 Å². The zero-order valence-electron chi connectivity index (χ0n) is 24.1. The molecule has 3 atom stereocenters. The summed E-state index contributed by atoms with van der Waals surface area (Å²) in [7, 11) is 0. The number of anilines is 1. The van der Waals surface area contributed by atoms with E-state index in [9.17, 15) is 32.3 Å². The number of amides is 1. The molecule has 1 aliphatic carbocycles. The summed E-state index contributed by atoms with van der Waals surface area (Å²) in [6.45, 7) is 5.34. The van der Waals surface area contributed by atoms with Gasteiger partial charge in [0.2, 0.25) is 11.6 Å². The van der Waals surface area contributed by atoms with Crippen LogP contribution in [-0.4, -0.2) is 53.7 Å². The molecule has 5 nitrogen and oxygen atoms in total. The van der Waals surface area contributed by atoms with Gasteiger partial charge in [-0.15, -0.1) is 0 Å². The van der Waals surface area contributed by atoms with E-state index in [1.807, 2.05) is 16.7 Å². The van der Waals surface area contributed by atoms with Crippen molar-refractivity contribution < 1.29 is 36.6 Å². The zero-order chi connectivity index (χ0) is 30.7. The predicted molar refractivity (Wildman–Crippen MR) is 148 cm³/mol. The number of rotatable bonds is 6. The Bertz CT molecular complexity index is 1350. The fraction of sp³-hybridized carbons (Fsp3) is 0.562. The molecule has 0 radical (unpaired) electrons. The zero-order valence-corrected chi connectivity index (χ0v) is 24.1. The van der Waals surface area contributed by atoms with Crippen molar-refractivity contribution in [1.29, 1.82) is 0 Å². The maximum Gasteiger partial charge on any atom is 0.426 e. The third-order valence-corrected chi connectivity index (χ3v) is 10.2. The molecule has 2 heterocycles. The average molecular weight is 593 g/mol. The number of fused-ring (bicyclic) bond motifs is 3. The Morgan fingerprint density at radius 2 is 1.67 bits per heavy atom. The highest BCUT2D eigenvalue weighted by Crippen LogP contribution is 2.53. The van der Waals surface area contributed by atoms with Gasteiger partial charge < -0.3 is 14.9 Å². The number of carboxylic acids is 1. The lowest BCUT2D eigenvalue weighted by Gasteiger charge is -2.49. The van der Waals surface area contributed by atoms with Crippen LogP contribution < -0.4 is 4.90 Å². The van der Waals surface area contributed by atoms with Gasteiger partial charge in [-0.2, -0.15) is 13.2 Å². The summed E-state index contributed by atoms with van der Waals surface area (Å²) in [6, 6.07) is 9.86. The van der Waals surface area contributed by atoms with E-state index in [1.54, 1.807) is 25.1 Å². The van der Waals surface area contributed by atoms with E-state index in [0.29, 0.717) is 70.8 Å². The summed E-state index contributed by atoms with van der Waals surface area (Å²) >= 11 is 0. The quantitative estimate of drug-likeness (QED) is 0.376. The minimum atomic E-state index is -5.09. The van der Waals surface area contributed by atoms with E-state index < -0.39 is 34.2 Å². The SMILES string of the molecule is CCN1CC2N(C(=O)C3CCC(C)(C(=O)O)CC3)CCC2(Cc2ccc(F)cc2)c2ccc(C(C)(F)C(F)(F)F)cc21. The molecule has 1 saturated carbocycles. The second-order valence-electron chi connectivity index (χ2n) is 12.7. The predicted octanol–water partition coefficient (Wildman–Crippen LogP) is 6.78. The maximum atomic E-state index is 15.1. The van der Waals surface area contributed by atoms with Gasteiger partial charge in [-0.05, 0) is 88.6 Å². The van der Waals surface area contributed by atoms with Crippen LogP contribution in [0.2, 0.25) is 0 Å². The van der Waals surface area contributed by atoms with E-state index >= 15 is 4.39 Å². The van der Waals surface area contributed by atoms with Crippen molar-refractivity contribution in [3.05, 3.63) is 65.0 Å². The number of likely N-dealkylation sites (N-methyl/N-ethyl adjacent to an activating group) is 1. The third kappa shape index (κ3) is 4.94. The molecule has 3 aliphatic rings. The highest BCUT2D eigenvalue weighted by atomic mass is 19.4. The Balaban J connectivity index is 1.55. The first kappa shape index (κ1) is 30.3. The number of halogens is 5. The van der Waals surface area contributed by atoms with Crippen molar-refractivity contribution >= 4 is 17.6 Å². The molecule has 1 N–H and O–H groups in total. The van der Waals surface area contributed by atoms with E-state index in [1.165, 1.54) is 24.3 Å². The maximum absolute atomic E-state index is 15.1. The summed E-state index contributed by atoms with van der Waals surface area (Å²) in [6.07, 6.45) is -2.36. The van der Waals surface area contributed by atoms with Crippen LogP contribution >= 0.6 is 0 Å². The Morgan fingerprint density at radius 1 is 1.02 bits per heavy atom. The van der Waals surface area contributed by atoms with Crippen LogP contribution in [0.3, 0.4) is 0 Å². The summed E-state index contributed by atoms with van der Waals surface area (Å²) in [5, 5.41) is 9.63. The van der Waals surface area contributed by atoms with Gasteiger partial charge in [0.1, 0.15) is 5.82 Å². The molecule has 2 aromatic rings. The van der Waals surface area contributed by atoms with Crippen molar-refractivity contribution in [2.75, 3.05) is 24.5 Å². The first-order valence-electron chi connectivity index (χ1n) is 14.6. The van der Waals surface area contributed by atoms with Gasteiger partial charge in [-0.1, -0.05) is 24.3 Å². The number of hydrogen-bond donors (Lipinski definition) is 1. The van der Waals surface area contributed by atoms with Gasteiger partial charge in [-0.3, -0.25) is 9.59 Å². The second-order valence-corrected chi connectivity index (χ2v) is 12.7. The minimum absolute atomic E-state index is 0.0297. The molecule has 0 aromatic heterocycles. The number of hydrogen-bond acceptors (Lipinski definition) is 3. The summed E-state index contributed by atoms with van der Waals surface area (Å²) in [5.74, 6) is -1.58. The van der Waals surface area contributed by atoms with Crippen molar-refractivity contribution in [3.63, 3.8) is 0 Å². The lowest BCUT2D eigenvalue weighted by atomic mass is 9.66. The van der Waals surface area contributed by atoms with Crippen LogP contribution in [0.4, 0.5) is 27.6 Å². The van der Waals surface area contributed by atoms with Crippen LogP contribution in [0.5, 0.6) is 0 Å². The van der Waals surface area contributed by atoms with Crippen molar-refractivity contribution in [1.82, 2.24) is 4.90 Å². The van der Waals surface area contributed by atoms with Gasteiger partial charge in [0.25, 0.3) is 0 Å². The highest BCUT2D eigenvalue weighted by Gasteiger charge is 2.57. The normalized spacial score (nSPS) is 29.0. The first-order valence-corrected chi connectivity index (χ1v) is 14.6. The van der Waals surface area contributed by atoms with E-state index in [-0.39, 0.29) is 23.7 Å². The van der Waals surface area contributed by atoms with Crippen molar-refractivity contribution in [2.24, 2.45) is 11.3 Å². The second kappa shape index (κ2) is 10.5. The molecule has 3 unspecified atom stereocenters. The first-order chi connectivity index (χ1) is 19.6. The molecule has 10 heteroatoms. The summed E-state index contributed by atoms with van der Waals surface area (Å²) in [5.41, 5.74) is -3.44. The lowest BCUT2D eigenvalue weighted by molar-refractivity contribution is -0.228. The van der Waals surface area contributed by atoms with Gasteiger partial charge >= 0.3 is 12.1 Å². The molecule has 0 spiro atoms. The molecule has 228 valence electrons. The van der Waals surface area contributed by atoms with Gasteiger partial charge in [0, 0.05) is 42.2 Å². The number of nitrogens with zero attached hydrogens (tertiary/aromatic N) is 2. The minimum Gasteiger partial charge on any atom is -0.481 e. The summed E-state index contributed by atoms with van der Waals surface area (Å²) in [4.78, 5) is 29.6. The molecule has 2 aliphatic heterocycles. The average Bonchev–Trinajstić information content (AvgIpc) is 3.31. The molecular formula is C32H37F5N2O3. The van der Waals surface area contributed by atoms with Crippen molar-refractivity contribution in [3.8, 4) is 0 Å². The van der Waals surface area contributed by atoms with Gasteiger partial charge in [-0.25, -0.2) is 8.78 Å². The smallest absolute Gasteiger partial charge is 0.426 e. The molecule has 42 heavy (non-hydrogen) atoms. The lowest BCUT2D eigenvalue weighted by Crippen LogP contribution is -2.57. The number of aliphatic carboxylic acids is 1. The number of alkyl halides is 4. The fourth-order valence-corrected chi connectivity index (χ4v) is 7.29. The topological polar surface area (TPSA) is 60.9 Å². The van der Waals surface area contributed by atoms with Crippen LogP contribution in [0, 0.1) is 17.2 Å². The summed E-state index contributed by atoms with van der Waals surface area (Å²) < 4.78 is 69.8. The Hall–Kier alpha value is -3.17. The number of carbonyl (C=O) groups excluding carboxylic acids is 1. The number of carbonyl (C=O) groups is 2. The molecular weight excluding hydrogens is 555 g/mol. The highest BCUT2D eigenvalue weighted by molar-refractivity contribution is 5.82. The van der Waals surface area contributed by atoms with Crippen LogP contribution in [0.1, 0.15) is 69.6 Å². The Labute approximate surface area is 242 Å². The third-order valence-electron chi connectivity index (χ3n) is 10.2. The van der Waals surface area contributed by atoms with Crippen LogP contribution in [0.25, 0.3) is 0 Å². The van der Waals surface area contributed by atoms with Crippen LogP contribution in [0.15, 0.2) is 42.5 Å². The molecule has 0 bridgehead atoms. The number of likely N-dealkylation sites (tertiary alicyclic amines) is 1. The van der Waals surface area contributed by atoms with E-state index in [4.69, 9.17) is 0 Å².